The molecule has 120 valence electrons. The summed E-state index contributed by atoms with van der Waals surface area (Å²) in [4.78, 5) is 24.0. The molecule has 1 aromatic rings. The van der Waals surface area contributed by atoms with Gasteiger partial charge in [-0.3, -0.25) is 14.9 Å². The van der Waals surface area contributed by atoms with Gasteiger partial charge in [0, 0.05) is 18.0 Å². The average Bonchev–Trinajstić information content (AvgIpc) is 2.46. The van der Waals surface area contributed by atoms with Crippen molar-refractivity contribution in [3.8, 4) is 5.75 Å². The SMILES string of the molecule is CCOc1ccc(C(=O)C(C)SC2NC(=O)CC(C)N2)cc1. The van der Waals surface area contributed by atoms with Gasteiger partial charge in [-0.2, -0.15) is 0 Å². The zero-order valence-corrected chi connectivity index (χ0v) is 13.9. The fourth-order valence-electron chi connectivity index (χ4n) is 2.30. The molecule has 3 atom stereocenters. The molecule has 0 saturated carbocycles. The van der Waals surface area contributed by atoms with E-state index in [1.807, 2.05) is 20.8 Å². The van der Waals surface area contributed by atoms with Gasteiger partial charge in [-0.1, -0.05) is 0 Å². The first-order chi connectivity index (χ1) is 10.5. The standard InChI is InChI=1S/C16H22N2O3S/c1-4-21-13-7-5-12(6-8-13)15(20)11(3)22-16-17-10(2)9-14(19)18-16/h5-8,10-11,16-17H,4,9H2,1-3H3,(H,18,19). The van der Waals surface area contributed by atoms with Crippen molar-refractivity contribution in [3.05, 3.63) is 29.8 Å². The van der Waals surface area contributed by atoms with Crippen LogP contribution in [-0.2, 0) is 4.79 Å². The van der Waals surface area contributed by atoms with Crippen molar-refractivity contribution >= 4 is 23.5 Å². The van der Waals surface area contributed by atoms with Crippen molar-refractivity contribution in [1.82, 2.24) is 10.6 Å². The van der Waals surface area contributed by atoms with E-state index >= 15 is 0 Å². The van der Waals surface area contributed by atoms with Gasteiger partial charge in [0.15, 0.2) is 5.78 Å². The van der Waals surface area contributed by atoms with Crippen molar-refractivity contribution < 1.29 is 14.3 Å². The number of hydrogen-bond acceptors (Lipinski definition) is 5. The lowest BCUT2D eigenvalue weighted by atomic mass is 10.1. The van der Waals surface area contributed by atoms with Gasteiger partial charge in [0.1, 0.15) is 11.2 Å². The number of nitrogens with one attached hydrogen (secondary N) is 2. The summed E-state index contributed by atoms with van der Waals surface area (Å²) in [7, 11) is 0. The smallest absolute Gasteiger partial charge is 0.223 e. The molecule has 1 aliphatic heterocycles. The van der Waals surface area contributed by atoms with Gasteiger partial charge in [-0.05, 0) is 45.0 Å². The molecular weight excluding hydrogens is 300 g/mol. The Morgan fingerprint density at radius 2 is 2.09 bits per heavy atom. The van der Waals surface area contributed by atoms with Gasteiger partial charge in [0.25, 0.3) is 0 Å². The van der Waals surface area contributed by atoms with Crippen molar-refractivity contribution in [2.45, 2.75) is 44.0 Å². The number of thioether (sulfide) groups is 1. The van der Waals surface area contributed by atoms with Crippen LogP contribution in [0.5, 0.6) is 5.75 Å². The van der Waals surface area contributed by atoms with Crippen LogP contribution in [0.1, 0.15) is 37.6 Å². The quantitative estimate of drug-likeness (QED) is 0.786. The molecule has 2 rings (SSSR count). The van der Waals surface area contributed by atoms with E-state index in [1.165, 1.54) is 11.8 Å². The Kier molecular flexibility index (Phi) is 5.85. The van der Waals surface area contributed by atoms with Crippen LogP contribution in [-0.4, -0.2) is 35.1 Å². The Bertz CT molecular complexity index is 533. The van der Waals surface area contributed by atoms with Gasteiger partial charge in [-0.25, -0.2) is 0 Å². The summed E-state index contributed by atoms with van der Waals surface area (Å²) >= 11 is 1.42. The molecule has 5 nitrogen and oxygen atoms in total. The summed E-state index contributed by atoms with van der Waals surface area (Å²) < 4.78 is 5.37. The van der Waals surface area contributed by atoms with Crippen LogP contribution in [0.15, 0.2) is 24.3 Å². The number of carbonyl (C=O) groups excluding carboxylic acids is 2. The molecule has 6 heteroatoms. The second-order valence-corrected chi connectivity index (χ2v) is 6.77. The normalized spacial score (nSPS) is 22.8. The highest BCUT2D eigenvalue weighted by Gasteiger charge is 2.27. The largest absolute Gasteiger partial charge is 0.494 e. The maximum Gasteiger partial charge on any atom is 0.223 e. The molecule has 1 amide bonds. The van der Waals surface area contributed by atoms with Crippen LogP contribution < -0.4 is 15.4 Å². The lowest BCUT2D eigenvalue weighted by Crippen LogP contribution is -2.54. The Labute approximate surface area is 135 Å². The zero-order valence-electron chi connectivity index (χ0n) is 13.1. The Morgan fingerprint density at radius 1 is 1.41 bits per heavy atom. The van der Waals surface area contributed by atoms with Crippen molar-refractivity contribution in [2.75, 3.05) is 6.61 Å². The number of carbonyl (C=O) groups is 2. The van der Waals surface area contributed by atoms with Crippen LogP contribution in [0.3, 0.4) is 0 Å². The Balaban J connectivity index is 1.95. The minimum absolute atomic E-state index is 0.0180. The monoisotopic (exact) mass is 322 g/mol. The van der Waals surface area contributed by atoms with Crippen LogP contribution >= 0.6 is 11.8 Å². The molecule has 0 spiro atoms. The molecule has 2 N–H and O–H groups in total. The van der Waals surface area contributed by atoms with Crippen molar-refractivity contribution in [1.29, 1.82) is 0 Å². The van der Waals surface area contributed by atoms with Crippen LogP contribution in [0, 0.1) is 0 Å². The van der Waals surface area contributed by atoms with E-state index in [1.54, 1.807) is 24.3 Å². The summed E-state index contributed by atoms with van der Waals surface area (Å²) in [5.41, 5.74) is 0.427. The van der Waals surface area contributed by atoms with Crippen LogP contribution in [0.2, 0.25) is 0 Å². The predicted octanol–water partition coefficient (Wildman–Crippen LogP) is 2.17. The number of benzene rings is 1. The lowest BCUT2D eigenvalue weighted by molar-refractivity contribution is -0.123. The van der Waals surface area contributed by atoms with Crippen molar-refractivity contribution in [3.63, 3.8) is 0 Å². The number of amides is 1. The van der Waals surface area contributed by atoms with E-state index in [2.05, 4.69) is 10.6 Å². The third-order valence-corrected chi connectivity index (χ3v) is 4.53. The highest BCUT2D eigenvalue weighted by atomic mass is 32.2. The summed E-state index contributed by atoms with van der Waals surface area (Å²) in [5.74, 6) is 0.821. The molecule has 0 radical (unpaired) electrons. The minimum Gasteiger partial charge on any atom is -0.494 e. The van der Waals surface area contributed by atoms with E-state index < -0.39 is 0 Å². The predicted molar refractivity (Wildman–Crippen MR) is 88.1 cm³/mol. The molecule has 1 aliphatic rings. The number of ether oxygens (including phenoxy) is 1. The van der Waals surface area contributed by atoms with E-state index in [9.17, 15) is 9.59 Å². The number of rotatable bonds is 6. The van der Waals surface area contributed by atoms with Crippen molar-refractivity contribution in [2.24, 2.45) is 0 Å². The van der Waals surface area contributed by atoms with Gasteiger partial charge < -0.3 is 10.1 Å². The number of Topliss-reactive ketones (excluding diaryl/α,β-unsaturated/α-hetero) is 1. The molecule has 1 heterocycles. The van der Waals surface area contributed by atoms with Gasteiger partial charge >= 0.3 is 0 Å². The first-order valence-electron chi connectivity index (χ1n) is 7.47. The second kappa shape index (κ2) is 7.65. The van der Waals surface area contributed by atoms with Crippen LogP contribution in [0.25, 0.3) is 0 Å². The summed E-state index contributed by atoms with van der Waals surface area (Å²) in [6, 6.07) is 7.28. The zero-order chi connectivity index (χ0) is 16.1. The molecule has 1 aromatic carbocycles. The Morgan fingerprint density at radius 3 is 2.68 bits per heavy atom. The maximum absolute atomic E-state index is 12.4. The second-order valence-electron chi connectivity index (χ2n) is 5.32. The molecular formula is C16H22N2O3S. The lowest BCUT2D eigenvalue weighted by Gasteiger charge is -2.30. The maximum atomic E-state index is 12.4. The molecule has 3 unspecified atom stereocenters. The first-order valence-corrected chi connectivity index (χ1v) is 8.41. The summed E-state index contributed by atoms with van der Waals surface area (Å²) in [5, 5.41) is 5.87. The van der Waals surface area contributed by atoms with Gasteiger partial charge in [0.05, 0.1) is 11.9 Å². The molecule has 22 heavy (non-hydrogen) atoms. The number of ketones is 1. The third-order valence-electron chi connectivity index (χ3n) is 3.38. The third kappa shape index (κ3) is 4.48. The van der Waals surface area contributed by atoms with Gasteiger partial charge in [0.2, 0.25) is 5.91 Å². The summed E-state index contributed by atoms with van der Waals surface area (Å²) in [6.07, 6.45) is 0.471. The van der Waals surface area contributed by atoms with Gasteiger partial charge in [-0.15, -0.1) is 11.8 Å². The highest BCUT2D eigenvalue weighted by Crippen LogP contribution is 2.22. The fourth-order valence-corrected chi connectivity index (χ4v) is 3.48. The molecule has 0 bridgehead atoms. The molecule has 0 aliphatic carbocycles. The molecule has 1 fully saturated rings. The fraction of sp³-hybridized carbons (Fsp3) is 0.500. The highest BCUT2D eigenvalue weighted by molar-refractivity contribution is 8.01. The number of hydrogen-bond donors (Lipinski definition) is 2. The van der Waals surface area contributed by atoms with E-state index in [0.29, 0.717) is 18.6 Å². The topological polar surface area (TPSA) is 67.4 Å². The molecule has 1 saturated heterocycles. The van der Waals surface area contributed by atoms with E-state index in [4.69, 9.17) is 4.74 Å². The van der Waals surface area contributed by atoms with E-state index in [-0.39, 0.29) is 28.5 Å². The average molecular weight is 322 g/mol. The van der Waals surface area contributed by atoms with Crippen LogP contribution in [0.4, 0.5) is 0 Å². The van der Waals surface area contributed by atoms with E-state index in [0.717, 1.165) is 5.75 Å². The first kappa shape index (κ1) is 16.8. The molecule has 0 aromatic heterocycles. The summed E-state index contributed by atoms with van der Waals surface area (Å²) in [6.45, 7) is 6.34. The minimum atomic E-state index is -0.249. The Hall–Kier alpha value is -1.53.